The summed E-state index contributed by atoms with van der Waals surface area (Å²) in [5.74, 6) is -1.38. The number of carbonyl (C=O) groups excluding carboxylic acids is 1. The average molecular weight is 307 g/mol. The van der Waals surface area contributed by atoms with E-state index in [2.05, 4.69) is 11.4 Å². The quantitative estimate of drug-likeness (QED) is 0.728. The van der Waals surface area contributed by atoms with Gasteiger partial charge in [-0.15, -0.1) is 0 Å². The Balaban J connectivity index is 2.19. The lowest BCUT2D eigenvalue weighted by Gasteiger charge is -2.17. The van der Waals surface area contributed by atoms with Crippen molar-refractivity contribution in [3.63, 3.8) is 0 Å². The second-order valence-corrected chi connectivity index (χ2v) is 5.59. The normalized spacial score (nSPS) is 12.2. The van der Waals surface area contributed by atoms with E-state index in [1.165, 1.54) is 6.92 Å². The minimum absolute atomic E-state index is 0.247. The van der Waals surface area contributed by atoms with Gasteiger partial charge in [0.15, 0.2) is 0 Å². The van der Waals surface area contributed by atoms with E-state index in [0.717, 1.165) is 27.1 Å². The average Bonchev–Trinajstić information content (AvgIpc) is 2.53. The molecule has 3 rings (SSSR count). The molecule has 0 aliphatic rings. The SMILES string of the molecule is CC(=O)N[C@H](Cc1c2ccccc2cc2ccccc12)C(=O)O. The van der Waals surface area contributed by atoms with Crippen molar-refractivity contribution in [2.45, 2.75) is 19.4 Å². The molecule has 0 aliphatic carbocycles. The van der Waals surface area contributed by atoms with Crippen molar-refractivity contribution in [2.75, 3.05) is 0 Å². The number of carboxylic acids is 1. The molecule has 0 radical (unpaired) electrons. The van der Waals surface area contributed by atoms with Gasteiger partial charge in [-0.2, -0.15) is 0 Å². The van der Waals surface area contributed by atoms with Gasteiger partial charge in [0.05, 0.1) is 0 Å². The molecule has 0 unspecified atom stereocenters. The van der Waals surface area contributed by atoms with Gasteiger partial charge in [0.1, 0.15) is 6.04 Å². The number of nitrogens with one attached hydrogen (secondary N) is 1. The summed E-state index contributed by atoms with van der Waals surface area (Å²) in [5.41, 5.74) is 0.944. The second-order valence-electron chi connectivity index (χ2n) is 5.59. The summed E-state index contributed by atoms with van der Waals surface area (Å²) in [5, 5.41) is 16.1. The zero-order valence-electron chi connectivity index (χ0n) is 12.7. The number of hydrogen-bond donors (Lipinski definition) is 2. The molecule has 2 N–H and O–H groups in total. The van der Waals surface area contributed by atoms with Crippen molar-refractivity contribution >= 4 is 33.4 Å². The largest absolute Gasteiger partial charge is 0.480 e. The van der Waals surface area contributed by atoms with E-state index in [-0.39, 0.29) is 12.3 Å². The van der Waals surface area contributed by atoms with Gasteiger partial charge in [-0.05, 0) is 33.2 Å². The van der Waals surface area contributed by atoms with Crippen LogP contribution in [0.4, 0.5) is 0 Å². The number of carbonyl (C=O) groups is 2. The molecule has 0 aromatic heterocycles. The lowest BCUT2D eigenvalue weighted by atomic mass is 9.92. The summed E-state index contributed by atoms with van der Waals surface area (Å²) >= 11 is 0. The minimum Gasteiger partial charge on any atom is -0.480 e. The third kappa shape index (κ3) is 3.01. The Kier molecular flexibility index (Phi) is 3.98. The van der Waals surface area contributed by atoms with Crippen LogP contribution < -0.4 is 5.32 Å². The Morgan fingerprint density at radius 2 is 1.52 bits per heavy atom. The molecule has 116 valence electrons. The molecular formula is C19H17NO3. The molecule has 0 saturated heterocycles. The zero-order valence-corrected chi connectivity index (χ0v) is 12.7. The fourth-order valence-electron chi connectivity index (χ4n) is 2.98. The number of fused-ring (bicyclic) bond motifs is 2. The zero-order chi connectivity index (χ0) is 16.4. The monoisotopic (exact) mass is 307 g/mol. The van der Waals surface area contributed by atoms with E-state index in [1.807, 2.05) is 48.5 Å². The van der Waals surface area contributed by atoms with E-state index >= 15 is 0 Å². The molecule has 0 bridgehead atoms. The van der Waals surface area contributed by atoms with E-state index in [9.17, 15) is 14.7 Å². The number of amides is 1. The number of aliphatic carboxylic acids is 1. The lowest BCUT2D eigenvalue weighted by molar-refractivity contribution is -0.141. The molecule has 4 nitrogen and oxygen atoms in total. The molecule has 1 atom stereocenters. The summed E-state index contributed by atoms with van der Waals surface area (Å²) < 4.78 is 0. The Labute approximate surface area is 133 Å². The van der Waals surface area contributed by atoms with Crippen molar-refractivity contribution in [1.82, 2.24) is 5.32 Å². The van der Waals surface area contributed by atoms with Crippen molar-refractivity contribution < 1.29 is 14.7 Å². The highest BCUT2D eigenvalue weighted by Gasteiger charge is 2.21. The van der Waals surface area contributed by atoms with E-state index < -0.39 is 12.0 Å². The first-order valence-electron chi connectivity index (χ1n) is 7.45. The van der Waals surface area contributed by atoms with Crippen molar-refractivity contribution in [2.24, 2.45) is 0 Å². The van der Waals surface area contributed by atoms with Crippen LogP contribution in [0.1, 0.15) is 12.5 Å². The van der Waals surface area contributed by atoms with Gasteiger partial charge in [0.25, 0.3) is 0 Å². The fourth-order valence-corrected chi connectivity index (χ4v) is 2.98. The van der Waals surface area contributed by atoms with Crippen LogP contribution in [0.15, 0.2) is 54.6 Å². The van der Waals surface area contributed by atoms with E-state index in [4.69, 9.17) is 0 Å². The van der Waals surface area contributed by atoms with Crippen LogP contribution in [-0.4, -0.2) is 23.0 Å². The first-order chi connectivity index (χ1) is 11.1. The number of carboxylic acid groups (broad SMARTS) is 1. The van der Waals surface area contributed by atoms with Crippen LogP contribution in [0.5, 0.6) is 0 Å². The number of rotatable bonds is 4. The Morgan fingerprint density at radius 3 is 2.00 bits per heavy atom. The van der Waals surface area contributed by atoms with Crippen LogP contribution in [0.2, 0.25) is 0 Å². The van der Waals surface area contributed by atoms with Crippen LogP contribution in [0.3, 0.4) is 0 Å². The highest BCUT2D eigenvalue weighted by Crippen LogP contribution is 2.29. The first-order valence-corrected chi connectivity index (χ1v) is 7.45. The third-order valence-electron chi connectivity index (χ3n) is 3.97. The van der Waals surface area contributed by atoms with Gasteiger partial charge in [-0.25, -0.2) is 4.79 Å². The van der Waals surface area contributed by atoms with Gasteiger partial charge < -0.3 is 10.4 Å². The predicted molar refractivity (Wildman–Crippen MR) is 90.4 cm³/mol. The molecular weight excluding hydrogens is 290 g/mol. The Morgan fingerprint density at radius 1 is 1.00 bits per heavy atom. The smallest absolute Gasteiger partial charge is 0.326 e. The molecule has 3 aromatic rings. The third-order valence-corrected chi connectivity index (χ3v) is 3.97. The molecule has 0 spiro atoms. The highest BCUT2D eigenvalue weighted by atomic mass is 16.4. The lowest BCUT2D eigenvalue weighted by Crippen LogP contribution is -2.41. The highest BCUT2D eigenvalue weighted by molar-refractivity contribution is 6.02. The Hall–Kier alpha value is -2.88. The minimum atomic E-state index is -1.03. The van der Waals surface area contributed by atoms with Gasteiger partial charge >= 0.3 is 5.97 Å². The predicted octanol–water partition coefficient (Wildman–Crippen LogP) is 3.12. The van der Waals surface area contributed by atoms with Gasteiger partial charge in [0.2, 0.25) is 5.91 Å². The summed E-state index contributed by atoms with van der Waals surface area (Å²) in [7, 11) is 0. The maximum absolute atomic E-state index is 11.5. The molecule has 3 aromatic carbocycles. The number of hydrogen-bond acceptors (Lipinski definition) is 2. The summed E-state index contributed by atoms with van der Waals surface area (Å²) in [4.78, 5) is 22.8. The Bertz CT molecular complexity index is 847. The standard InChI is InChI=1S/C19H17NO3/c1-12(21)20-18(19(22)23)11-17-15-8-4-2-6-13(15)10-14-7-3-5-9-16(14)17/h2-10,18H,11H2,1H3,(H,20,21)(H,22,23)/t18-/m1/s1. The van der Waals surface area contributed by atoms with E-state index in [1.54, 1.807) is 0 Å². The molecule has 0 heterocycles. The summed E-state index contributed by atoms with van der Waals surface area (Å²) in [6.45, 7) is 1.33. The maximum atomic E-state index is 11.5. The molecule has 23 heavy (non-hydrogen) atoms. The van der Waals surface area contributed by atoms with Crippen molar-refractivity contribution in [3.05, 3.63) is 60.2 Å². The molecule has 0 saturated carbocycles. The van der Waals surface area contributed by atoms with Gasteiger partial charge in [-0.1, -0.05) is 48.5 Å². The van der Waals surface area contributed by atoms with Crippen LogP contribution >= 0.6 is 0 Å². The summed E-state index contributed by atoms with van der Waals surface area (Å²) in [6, 6.07) is 17.0. The van der Waals surface area contributed by atoms with Gasteiger partial charge in [-0.3, -0.25) is 4.79 Å². The van der Waals surface area contributed by atoms with Crippen LogP contribution in [-0.2, 0) is 16.0 Å². The second kappa shape index (κ2) is 6.08. The molecule has 4 heteroatoms. The number of benzene rings is 3. The van der Waals surface area contributed by atoms with Crippen molar-refractivity contribution in [3.8, 4) is 0 Å². The fraction of sp³-hybridized carbons (Fsp3) is 0.158. The van der Waals surface area contributed by atoms with Crippen molar-refractivity contribution in [1.29, 1.82) is 0 Å². The maximum Gasteiger partial charge on any atom is 0.326 e. The first kappa shape index (κ1) is 15.0. The van der Waals surface area contributed by atoms with Gasteiger partial charge in [0, 0.05) is 13.3 Å². The molecule has 1 amide bonds. The molecule has 0 fully saturated rings. The van der Waals surface area contributed by atoms with E-state index in [0.29, 0.717) is 0 Å². The van der Waals surface area contributed by atoms with Crippen LogP contribution in [0.25, 0.3) is 21.5 Å². The molecule has 0 aliphatic heterocycles. The van der Waals surface area contributed by atoms with Crippen LogP contribution in [0, 0.1) is 0 Å². The summed E-state index contributed by atoms with van der Waals surface area (Å²) in [6.07, 6.45) is 0.247. The topological polar surface area (TPSA) is 66.4 Å².